The molecule has 38 heavy (non-hydrogen) atoms. The Bertz CT molecular complexity index is 1610. The minimum atomic E-state index is -4.48. The minimum absolute atomic E-state index is 0.191. The molecule has 0 amide bonds. The van der Waals surface area contributed by atoms with E-state index in [0.29, 0.717) is 8.95 Å². The number of benzene rings is 2. The monoisotopic (exact) mass is 858 g/mol. The van der Waals surface area contributed by atoms with Crippen molar-refractivity contribution in [1.82, 2.24) is 8.61 Å². The van der Waals surface area contributed by atoms with Crippen LogP contribution in [-0.4, -0.2) is 89.5 Å². The van der Waals surface area contributed by atoms with E-state index in [1.54, 1.807) is 12.1 Å². The molecule has 4 atom stereocenters. The van der Waals surface area contributed by atoms with Gasteiger partial charge in [0.2, 0.25) is 20.0 Å². The average molecular weight is 862 g/mol. The van der Waals surface area contributed by atoms with E-state index >= 15 is 0 Å². The maximum Gasteiger partial charge on any atom is 0.244 e. The highest BCUT2D eigenvalue weighted by Gasteiger charge is 2.64. The van der Waals surface area contributed by atoms with Gasteiger partial charge in [-0.2, -0.15) is 8.61 Å². The number of fused-ring (bicyclic) bond motifs is 2. The summed E-state index contributed by atoms with van der Waals surface area (Å²) in [5.41, 5.74) is 0. The van der Waals surface area contributed by atoms with Crippen LogP contribution in [0.15, 0.2) is 64.1 Å². The van der Waals surface area contributed by atoms with Crippen molar-refractivity contribution in [3.8, 4) is 0 Å². The van der Waals surface area contributed by atoms with Gasteiger partial charge in [-0.15, -0.1) is 0 Å². The highest BCUT2D eigenvalue weighted by Crippen LogP contribution is 2.45. The summed E-state index contributed by atoms with van der Waals surface area (Å²) < 4.78 is 111. The predicted octanol–water partition coefficient (Wildman–Crippen LogP) is 2.76. The Kier molecular flexibility index (Phi) is 7.65. The van der Waals surface area contributed by atoms with Crippen LogP contribution < -0.4 is 0 Å². The Hall–Kier alpha value is 0.0800. The van der Waals surface area contributed by atoms with Gasteiger partial charge in [-0.3, -0.25) is 0 Å². The number of hydrogen-bond donors (Lipinski definition) is 0. The number of piperazine rings is 1. The molecule has 0 radical (unpaired) electrons. The lowest BCUT2D eigenvalue weighted by Crippen LogP contribution is -2.69. The van der Waals surface area contributed by atoms with Crippen molar-refractivity contribution in [2.75, 3.05) is 23.0 Å². The maximum atomic E-state index is 14.1. The van der Waals surface area contributed by atoms with Crippen LogP contribution in [0.2, 0.25) is 0 Å². The number of hydrogen-bond acceptors (Lipinski definition) is 8. The van der Waals surface area contributed by atoms with Crippen molar-refractivity contribution in [3.05, 3.63) is 54.3 Å². The van der Waals surface area contributed by atoms with Gasteiger partial charge in [0.25, 0.3) is 0 Å². The molecule has 0 aliphatic carbocycles. The summed E-state index contributed by atoms with van der Waals surface area (Å²) in [4.78, 5) is -0.381. The first-order chi connectivity index (χ1) is 17.4. The molecular weight excluding hydrogens is 844 g/mol. The SMILES string of the molecule is O=S1(=O)C[C@@H]2[C@H](C1)N(S(=O)(=O)c1cc(Br)ccc1Br)[C@H]1CS(=O)(=O)C[C@H]1N2S(=O)(=O)c1cc(Br)ccc1Br. The molecule has 0 aromatic heterocycles. The minimum Gasteiger partial charge on any atom is -0.229 e. The molecule has 0 N–H and O–H groups in total. The summed E-state index contributed by atoms with van der Waals surface area (Å²) in [5, 5.41) is 0. The Morgan fingerprint density at radius 3 is 1.16 bits per heavy atom. The molecule has 3 fully saturated rings. The standard InChI is InChI=1S/C20H18Br4N2O8S4/c21-11-1-3-13(23)19(5-11)37(31,32)25-15-7-35(27,28)9-17(15)26(18-10-36(29,30)8-16(18)25)38(33,34)20-6-12(22)2-4-14(20)24/h1-6,15-18H,7-10H2/t15-,16-,17+,18+. The fourth-order valence-electron chi connectivity index (χ4n) is 5.38. The van der Waals surface area contributed by atoms with Gasteiger partial charge in [-0.1, -0.05) is 31.9 Å². The molecule has 3 heterocycles. The molecule has 0 unspecified atom stereocenters. The first-order valence-electron chi connectivity index (χ1n) is 10.8. The van der Waals surface area contributed by atoms with Crippen molar-refractivity contribution < 1.29 is 33.7 Å². The quantitative estimate of drug-likeness (QED) is 0.457. The number of sulfonamides is 2. The van der Waals surface area contributed by atoms with E-state index in [-0.39, 0.29) is 18.7 Å². The van der Waals surface area contributed by atoms with E-state index in [1.165, 1.54) is 24.3 Å². The molecule has 18 heteroatoms. The van der Waals surface area contributed by atoms with Crippen LogP contribution in [0.1, 0.15) is 0 Å². The molecule has 2 aromatic carbocycles. The molecule has 0 saturated carbocycles. The normalized spacial score (nSPS) is 29.2. The molecule has 208 valence electrons. The van der Waals surface area contributed by atoms with E-state index < -0.39 is 86.9 Å². The van der Waals surface area contributed by atoms with Gasteiger partial charge in [0.1, 0.15) is 0 Å². The Labute approximate surface area is 254 Å². The largest absolute Gasteiger partial charge is 0.244 e. The van der Waals surface area contributed by atoms with Crippen LogP contribution in [0.4, 0.5) is 0 Å². The van der Waals surface area contributed by atoms with Crippen molar-refractivity contribution in [2.45, 2.75) is 34.0 Å². The Balaban J connectivity index is 1.75. The summed E-state index contributed by atoms with van der Waals surface area (Å²) in [7, 11) is -16.7. The summed E-state index contributed by atoms with van der Waals surface area (Å²) in [6.45, 7) is 0. The summed E-state index contributed by atoms with van der Waals surface area (Å²) in [5.74, 6) is -2.57. The van der Waals surface area contributed by atoms with E-state index in [2.05, 4.69) is 63.7 Å². The molecule has 2 aromatic rings. The lowest BCUT2D eigenvalue weighted by Gasteiger charge is -2.49. The molecule has 5 rings (SSSR count). The highest BCUT2D eigenvalue weighted by atomic mass is 79.9. The number of rotatable bonds is 4. The number of nitrogens with zero attached hydrogens (tertiary/aromatic N) is 2. The molecule has 0 spiro atoms. The van der Waals surface area contributed by atoms with E-state index in [1.807, 2.05) is 0 Å². The third-order valence-electron chi connectivity index (χ3n) is 6.79. The van der Waals surface area contributed by atoms with Gasteiger partial charge in [-0.05, 0) is 68.3 Å². The molecule has 3 saturated heterocycles. The fraction of sp³-hybridized carbons (Fsp3) is 0.400. The van der Waals surface area contributed by atoms with E-state index in [0.717, 1.165) is 8.61 Å². The average Bonchev–Trinajstić information content (AvgIpc) is 3.26. The van der Waals surface area contributed by atoms with Crippen LogP contribution in [0.25, 0.3) is 0 Å². The second-order valence-corrected chi connectivity index (χ2v) is 20.7. The summed E-state index contributed by atoms with van der Waals surface area (Å²) in [6, 6.07) is 3.55. The zero-order valence-electron chi connectivity index (χ0n) is 18.9. The summed E-state index contributed by atoms with van der Waals surface area (Å²) >= 11 is 13.0. The van der Waals surface area contributed by atoms with Gasteiger partial charge >= 0.3 is 0 Å². The third-order valence-corrected chi connectivity index (χ3v) is 17.1. The van der Waals surface area contributed by atoms with Gasteiger partial charge in [0.05, 0.1) is 57.0 Å². The smallest absolute Gasteiger partial charge is 0.229 e. The fourth-order valence-corrected chi connectivity index (χ4v) is 16.3. The first-order valence-corrected chi connectivity index (χ1v) is 20.5. The Morgan fingerprint density at radius 1 is 0.579 bits per heavy atom. The van der Waals surface area contributed by atoms with Gasteiger partial charge < -0.3 is 0 Å². The Morgan fingerprint density at radius 2 is 0.868 bits per heavy atom. The van der Waals surface area contributed by atoms with Crippen molar-refractivity contribution >= 4 is 103 Å². The topological polar surface area (TPSA) is 143 Å². The van der Waals surface area contributed by atoms with Crippen LogP contribution in [-0.2, 0) is 39.7 Å². The second kappa shape index (κ2) is 9.83. The number of halogens is 4. The first kappa shape index (κ1) is 29.6. The second-order valence-electron chi connectivity index (χ2n) is 9.24. The number of sulfone groups is 2. The lowest BCUT2D eigenvalue weighted by atomic mass is 10.0. The maximum absolute atomic E-state index is 14.1. The van der Waals surface area contributed by atoms with Crippen molar-refractivity contribution in [3.63, 3.8) is 0 Å². The molecular formula is C20H18Br4N2O8S4. The predicted molar refractivity (Wildman–Crippen MR) is 154 cm³/mol. The van der Waals surface area contributed by atoms with E-state index in [4.69, 9.17) is 0 Å². The van der Waals surface area contributed by atoms with Crippen LogP contribution >= 0.6 is 63.7 Å². The van der Waals surface area contributed by atoms with Crippen molar-refractivity contribution in [2.24, 2.45) is 0 Å². The molecule has 0 bridgehead atoms. The molecule has 3 aliphatic heterocycles. The van der Waals surface area contributed by atoms with E-state index in [9.17, 15) is 33.7 Å². The third kappa shape index (κ3) is 5.02. The molecule has 10 nitrogen and oxygen atoms in total. The highest BCUT2D eigenvalue weighted by molar-refractivity contribution is 9.11. The zero-order valence-corrected chi connectivity index (χ0v) is 28.5. The van der Waals surface area contributed by atoms with Crippen LogP contribution in [0, 0.1) is 0 Å². The van der Waals surface area contributed by atoms with Gasteiger partial charge in [-0.25, -0.2) is 33.7 Å². The zero-order chi connectivity index (χ0) is 28.0. The molecule has 3 aliphatic rings. The van der Waals surface area contributed by atoms with Crippen LogP contribution in [0.3, 0.4) is 0 Å². The van der Waals surface area contributed by atoms with Gasteiger partial charge in [0.15, 0.2) is 19.7 Å². The van der Waals surface area contributed by atoms with Crippen LogP contribution in [0.5, 0.6) is 0 Å². The lowest BCUT2D eigenvalue weighted by molar-refractivity contribution is 0.0841. The van der Waals surface area contributed by atoms with Crippen molar-refractivity contribution in [1.29, 1.82) is 0 Å². The van der Waals surface area contributed by atoms with Gasteiger partial charge in [0, 0.05) is 17.9 Å². The summed E-state index contributed by atoms with van der Waals surface area (Å²) in [6.07, 6.45) is 0.